The van der Waals surface area contributed by atoms with E-state index in [1.807, 2.05) is 13.8 Å². The Balaban J connectivity index is 1.84. The minimum absolute atomic E-state index is 0.0261. The molecule has 1 saturated carbocycles. The van der Waals surface area contributed by atoms with Gasteiger partial charge in [0.15, 0.2) is 11.5 Å². The lowest BCUT2D eigenvalue weighted by Gasteiger charge is -2.31. The van der Waals surface area contributed by atoms with E-state index in [-0.39, 0.29) is 47.2 Å². The number of anilines is 1. The molecule has 2 aromatic rings. The Bertz CT molecular complexity index is 1110. The van der Waals surface area contributed by atoms with Crippen LogP contribution < -0.4 is 11.1 Å². The van der Waals surface area contributed by atoms with Crippen LogP contribution in [-0.2, 0) is 12.6 Å². The van der Waals surface area contributed by atoms with Crippen molar-refractivity contribution in [2.45, 2.75) is 70.7 Å². The number of fused-ring (bicyclic) bond motifs is 1. The Morgan fingerprint density at radius 3 is 2.61 bits per heavy atom. The highest BCUT2D eigenvalue weighted by Gasteiger charge is 2.43. The second kappa shape index (κ2) is 8.16. The SMILES string of the molecule is CC1(C)CC(=O)c2c(C(F)(F)F)cn(-c3cnc(C(N)=O)c(NC4CCCCC4O)c3)c2C1. The van der Waals surface area contributed by atoms with Gasteiger partial charge in [-0.15, -0.1) is 0 Å². The number of nitrogens with zero attached hydrogens (tertiary/aromatic N) is 2. The second-order valence-corrected chi connectivity index (χ2v) is 9.73. The molecule has 2 unspecified atom stereocenters. The van der Waals surface area contributed by atoms with Crippen LogP contribution in [-0.4, -0.2) is 38.5 Å². The number of aliphatic hydroxyl groups is 1. The number of rotatable bonds is 4. The zero-order valence-corrected chi connectivity index (χ0v) is 18.5. The van der Waals surface area contributed by atoms with Crippen molar-refractivity contribution in [1.82, 2.24) is 9.55 Å². The van der Waals surface area contributed by atoms with Gasteiger partial charge in [0.05, 0.1) is 40.8 Å². The van der Waals surface area contributed by atoms with Crippen molar-refractivity contribution in [2.75, 3.05) is 5.32 Å². The molecule has 0 aromatic carbocycles. The number of hydrogen-bond acceptors (Lipinski definition) is 5. The van der Waals surface area contributed by atoms with E-state index in [0.29, 0.717) is 12.8 Å². The van der Waals surface area contributed by atoms with Gasteiger partial charge < -0.3 is 20.7 Å². The standard InChI is InChI=1S/C23H27F3N4O3/c1-22(2)8-16-19(18(32)9-22)13(23(24,25)26)11-30(16)12-7-15(20(21(27)33)28-10-12)29-14-5-3-4-6-17(14)31/h7,10-11,14,17,29,31H,3-6,8-9H2,1-2H3,(H2,27,33). The Morgan fingerprint density at radius 2 is 1.97 bits per heavy atom. The van der Waals surface area contributed by atoms with E-state index in [4.69, 9.17) is 5.73 Å². The van der Waals surface area contributed by atoms with Gasteiger partial charge in [-0.25, -0.2) is 4.98 Å². The molecule has 2 heterocycles. The van der Waals surface area contributed by atoms with Crippen LogP contribution >= 0.6 is 0 Å². The maximum absolute atomic E-state index is 13.8. The number of halogens is 3. The quantitative estimate of drug-likeness (QED) is 0.637. The molecule has 2 atom stereocenters. The summed E-state index contributed by atoms with van der Waals surface area (Å²) in [6.07, 6.45) is 0.226. The third-order valence-electron chi connectivity index (χ3n) is 6.43. The lowest BCUT2D eigenvalue weighted by atomic mass is 9.75. The van der Waals surface area contributed by atoms with Crippen LogP contribution in [0.1, 0.15) is 78.1 Å². The molecule has 10 heteroatoms. The van der Waals surface area contributed by atoms with Crippen LogP contribution in [0.15, 0.2) is 18.5 Å². The largest absolute Gasteiger partial charge is 0.418 e. The summed E-state index contributed by atoms with van der Waals surface area (Å²) in [5, 5.41) is 13.4. The Morgan fingerprint density at radius 1 is 1.27 bits per heavy atom. The van der Waals surface area contributed by atoms with Crippen molar-refractivity contribution in [3.05, 3.63) is 41.0 Å². The van der Waals surface area contributed by atoms with Crippen LogP contribution in [0.3, 0.4) is 0 Å². The minimum Gasteiger partial charge on any atom is -0.391 e. The molecular formula is C23H27F3N4O3. The van der Waals surface area contributed by atoms with E-state index in [0.717, 1.165) is 19.0 Å². The average molecular weight is 464 g/mol. The number of amides is 1. The van der Waals surface area contributed by atoms with Crippen molar-refractivity contribution < 1.29 is 27.9 Å². The fourth-order valence-corrected chi connectivity index (χ4v) is 4.89. The molecule has 0 aliphatic heterocycles. The summed E-state index contributed by atoms with van der Waals surface area (Å²) >= 11 is 0. The molecule has 1 amide bonds. The maximum Gasteiger partial charge on any atom is 0.418 e. The van der Waals surface area contributed by atoms with E-state index in [9.17, 15) is 27.9 Å². The number of aliphatic hydroxyl groups excluding tert-OH is 1. The number of carbonyl (C=O) groups excluding carboxylic acids is 2. The highest BCUT2D eigenvalue weighted by molar-refractivity contribution is 6.01. The summed E-state index contributed by atoms with van der Waals surface area (Å²) in [6, 6.07) is 1.17. The van der Waals surface area contributed by atoms with Crippen LogP contribution in [0.4, 0.5) is 18.9 Å². The van der Waals surface area contributed by atoms with Gasteiger partial charge >= 0.3 is 6.18 Å². The monoisotopic (exact) mass is 464 g/mol. The van der Waals surface area contributed by atoms with Gasteiger partial charge in [-0.2, -0.15) is 13.2 Å². The molecule has 2 aliphatic carbocycles. The van der Waals surface area contributed by atoms with E-state index in [1.54, 1.807) is 0 Å². The molecule has 4 rings (SSSR count). The first kappa shape index (κ1) is 23.3. The number of carbonyl (C=O) groups is 2. The highest BCUT2D eigenvalue weighted by atomic mass is 19.4. The average Bonchev–Trinajstić information content (AvgIpc) is 3.08. The predicted octanol–water partition coefficient (Wildman–Crippen LogP) is 3.86. The number of nitrogens with two attached hydrogens (primary N) is 1. The molecule has 7 nitrogen and oxygen atoms in total. The normalized spacial score (nSPS) is 22.7. The molecule has 2 aliphatic rings. The van der Waals surface area contributed by atoms with E-state index >= 15 is 0 Å². The van der Waals surface area contributed by atoms with Gasteiger partial charge in [0, 0.05) is 18.3 Å². The van der Waals surface area contributed by atoms with Crippen LogP contribution in [0.25, 0.3) is 5.69 Å². The molecule has 0 radical (unpaired) electrons. The van der Waals surface area contributed by atoms with E-state index in [2.05, 4.69) is 10.3 Å². The number of Topliss-reactive ketones (excluding diaryl/α,β-unsaturated/α-hetero) is 1. The third-order valence-corrected chi connectivity index (χ3v) is 6.43. The van der Waals surface area contributed by atoms with Gasteiger partial charge in [0.25, 0.3) is 5.91 Å². The molecule has 178 valence electrons. The van der Waals surface area contributed by atoms with Crippen molar-refractivity contribution >= 4 is 17.4 Å². The second-order valence-electron chi connectivity index (χ2n) is 9.73. The summed E-state index contributed by atoms with van der Waals surface area (Å²) in [6.45, 7) is 3.68. The number of primary amides is 1. The fraction of sp³-hybridized carbons (Fsp3) is 0.522. The Hall–Kier alpha value is -2.88. The minimum atomic E-state index is -4.69. The molecule has 0 bridgehead atoms. The first-order valence-corrected chi connectivity index (χ1v) is 11.0. The van der Waals surface area contributed by atoms with Crippen molar-refractivity contribution in [1.29, 1.82) is 0 Å². The number of hydrogen-bond donors (Lipinski definition) is 3. The first-order valence-electron chi connectivity index (χ1n) is 11.0. The number of nitrogens with one attached hydrogen (secondary N) is 1. The lowest BCUT2D eigenvalue weighted by Crippen LogP contribution is -2.37. The van der Waals surface area contributed by atoms with Gasteiger partial charge in [-0.1, -0.05) is 26.7 Å². The van der Waals surface area contributed by atoms with Crippen LogP contribution in [0.2, 0.25) is 0 Å². The van der Waals surface area contributed by atoms with Crippen molar-refractivity contribution in [2.24, 2.45) is 11.1 Å². The van der Waals surface area contributed by atoms with Crippen LogP contribution in [0.5, 0.6) is 0 Å². The smallest absolute Gasteiger partial charge is 0.391 e. The predicted molar refractivity (Wildman–Crippen MR) is 115 cm³/mol. The van der Waals surface area contributed by atoms with E-state index in [1.165, 1.54) is 16.8 Å². The highest BCUT2D eigenvalue weighted by Crippen LogP contribution is 2.43. The first-order chi connectivity index (χ1) is 15.4. The number of ketones is 1. The van der Waals surface area contributed by atoms with E-state index < -0.39 is 34.9 Å². The Labute approximate surface area is 189 Å². The molecule has 0 spiro atoms. The fourth-order valence-electron chi connectivity index (χ4n) is 4.89. The topological polar surface area (TPSA) is 110 Å². The lowest BCUT2D eigenvalue weighted by molar-refractivity contribution is -0.137. The molecule has 4 N–H and O–H groups in total. The number of aromatic nitrogens is 2. The van der Waals surface area contributed by atoms with Gasteiger partial charge in [-0.3, -0.25) is 9.59 Å². The van der Waals surface area contributed by atoms with Crippen molar-refractivity contribution in [3.8, 4) is 5.69 Å². The maximum atomic E-state index is 13.8. The number of alkyl halides is 3. The van der Waals surface area contributed by atoms with Gasteiger partial charge in [0.2, 0.25) is 0 Å². The van der Waals surface area contributed by atoms with Crippen LogP contribution in [0, 0.1) is 5.41 Å². The van der Waals surface area contributed by atoms with Crippen molar-refractivity contribution in [3.63, 3.8) is 0 Å². The zero-order valence-electron chi connectivity index (χ0n) is 18.5. The number of pyridine rings is 1. The summed E-state index contributed by atoms with van der Waals surface area (Å²) in [7, 11) is 0. The molecular weight excluding hydrogens is 437 g/mol. The molecule has 1 fully saturated rings. The zero-order chi connectivity index (χ0) is 24.1. The molecule has 33 heavy (non-hydrogen) atoms. The Kier molecular flexibility index (Phi) is 5.76. The van der Waals surface area contributed by atoms with Gasteiger partial charge in [0.1, 0.15) is 0 Å². The molecule has 0 saturated heterocycles. The summed E-state index contributed by atoms with van der Waals surface area (Å²) in [5.74, 6) is -1.34. The molecule has 2 aromatic heterocycles. The third kappa shape index (κ3) is 4.48. The van der Waals surface area contributed by atoms with Gasteiger partial charge in [-0.05, 0) is 30.7 Å². The summed E-state index contributed by atoms with van der Waals surface area (Å²) < 4.78 is 42.7. The summed E-state index contributed by atoms with van der Waals surface area (Å²) in [4.78, 5) is 28.8. The summed E-state index contributed by atoms with van der Waals surface area (Å²) in [5.41, 5.74) is 4.38.